The molecule has 1 unspecified atom stereocenters. The van der Waals surface area contributed by atoms with E-state index in [2.05, 4.69) is 0 Å². The average Bonchev–Trinajstić information content (AvgIpc) is 2.77. The van der Waals surface area contributed by atoms with Gasteiger partial charge in [0.1, 0.15) is 32.5 Å². The highest BCUT2D eigenvalue weighted by molar-refractivity contribution is 5.72. The number of carbonyl (C=O) groups is 1. The van der Waals surface area contributed by atoms with Crippen LogP contribution in [-0.4, -0.2) is 49.7 Å². The van der Waals surface area contributed by atoms with E-state index >= 15 is 0 Å². The molecule has 0 saturated carbocycles. The van der Waals surface area contributed by atoms with Gasteiger partial charge in [-0.2, -0.15) is 0 Å². The fourth-order valence-electron chi connectivity index (χ4n) is 3.04. The number of carboxylic acid groups (broad SMARTS) is 1. The Kier molecular flexibility index (Phi) is 8.20. The molecule has 162 valence electrons. The first-order valence-corrected chi connectivity index (χ1v) is 10.2. The first-order chi connectivity index (χ1) is 14.7. The van der Waals surface area contributed by atoms with E-state index in [1.54, 1.807) is 12.1 Å². The lowest BCUT2D eigenvalue weighted by molar-refractivity contribution is -0.157. The van der Waals surface area contributed by atoms with Crippen LogP contribution in [0.1, 0.15) is 26.2 Å². The van der Waals surface area contributed by atoms with E-state index in [4.69, 9.17) is 23.7 Å². The maximum absolute atomic E-state index is 11.7. The van der Waals surface area contributed by atoms with E-state index in [-0.39, 0.29) is 13.2 Å². The van der Waals surface area contributed by atoms with Crippen molar-refractivity contribution in [3.8, 4) is 23.0 Å². The Morgan fingerprint density at radius 1 is 0.933 bits per heavy atom. The Morgan fingerprint density at radius 3 is 1.83 bits per heavy atom. The largest absolute Gasteiger partial charge is 0.487 e. The molecule has 1 atom stereocenters. The van der Waals surface area contributed by atoms with Crippen molar-refractivity contribution in [2.45, 2.75) is 38.4 Å². The second-order valence-electron chi connectivity index (χ2n) is 6.94. The summed E-state index contributed by atoms with van der Waals surface area (Å²) in [7, 11) is 0. The summed E-state index contributed by atoms with van der Waals surface area (Å²) in [4.78, 5) is 11.7. The number of carboxylic acids is 1. The van der Waals surface area contributed by atoms with E-state index < -0.39 is 18.2 Å². The molecule has 30 heavy (non-hydrogen) atoms. The van der Waals surface area contributed by atoms with Crippen molar-refractivity contribution in [3.63, 3.8) is 0 Å². The van der Waals surface area contributed by atoms with Gasteiger partial charge < -0.3 is 28.8 Å². The molecule has 7 nitrogen and oxygen atoms in total. The molecule has 1 heterocycles. The number of unbranched alkanes of at least 4 members (excludes halogenated alkanes) is 1. The molecule has 2 aromatic rings. The van der Waals surface area contributed by atoms with Gasteiger partial charge in [-0.1, -0.05) is 44.0 Å². The molecule has 0 aliphatic carbocycles. The van der Waals surface area contributed by atoms with Gasteiger partial charge in [0.25, 0.3) is 0 Å². The van der Waals surface area contributed by atoms with E-state index in [0.29, 0.717) is 42.6 Å². The summed E-state index contributed by atoms with van der Waals surface area (Å²) in [6.07, 6.45) is 0.571. The Labute approximate surface area is 176 Å². The number of hydrogen-bond donors (Lipinski definition) is 1. The highest BCUT2D eigenvalue weighted by Crippen LogP contribution is 2.29. The van der Waals surface area contributed by atoms with Crippen LogP contribution in [-0.2, 0) is 9.53 Å². The van der Waals surface area contributed by atoms with Gasteiger partial charge in [0, 0.05) is 0 Å². The Bertz CT molecular complexity index is 754. The predicted octanol–water partition coefficient (Wildman–Crippen LogP) is 3.94. The van der Waals surface area contributed by atoms with Gasteiger partial charge >= 0.3 is 5.97 Å². The summed E-state index contributed by atoms with van der Waals surface area (Å²) < 4.78 is 29.3. The number of ether oxygens (including phenoxy) is 5. The van der Waals surface area contributed by atoms with Gasteiger partial charge in [0.05, 0.1) is 0 Å². The van der Waals surface area contributed by atoms with Gasteiger partial charge in [0.2, 0.25) is 0 Å². The van der Waals surface area contributed by atoms with Crippen LogP contribution in [0, 0.1) is 0 Å². The summed E-state index contributed by atoms with van der Waals surface area (Å²) in [6, 6.07) is 14.6. The van der Waals surface area contributed by atoms with Crippen molar-refractivity contribution in [2.24, 2.45) is 0 Å². The Balaban J connectivity index is 1.80. The summed E-state index contributed by atoms with van der Waals surface area (Å²) >= 11 is 0. The third-order valence-corrected chi connectivity index (χ3v) is 4.60. The Morgan fingerprint density at radius 2 is 1.40 bits per heavy atom. The number of para-hydroxylation sites is 4. The van der Waals surface area contributed by atoms with E-state index in [9.17, 15) is 9.90 Å². The van der Waals surface area contributed by atoms with Crippen LogP contribution in [0.25, 0.3) is 0 Å². The molecule has 7 heteroatoms. The van der Waals surface area contributed by atoms with Crippen LogP contribution in [0.4, 0.5) is 0 Å². The molecule has 0 fully saturated rings. The van der Waals surface area contributed by atoms with Crippen LogP contribution >= 0.6 is 0 Å². The SMILES string of the molecule is CCCCC(OC1COc2ccccc2OCCOc2ccccc2OC1)C(=O)O. The molecule has 0 radical (unpaired) electrons. The van der Waals surface area contributed by atoms with E-state index in [0.717, 1.165) is 12.8 Å². The van der Waals surface area contributed by atoms with Gasteiger partial charge in [-0.15, -0.1) is 0 Å². The van der Waals surface area contributed by atoms with Crippen LogP contribution < -0.4 is 18.9 Å². The zero-order valence-corrected chi connectivity index (χ0v) is 17.1. The lowest BCUT2D eigenvalue weighted by Gasteiger charge is -2.23. The van der Waals surface area contributed by atoms with E-state index in [1.807, 2.05) is 43.3 Å². The van der Waals surface area contributed by atoms with E-state index in [1.165, 1.54) is 0 Å². The first kappa shape index (κ1) is 21.8. The molecular formula is C23H28O7. The maximum atomic E-state index is 11.7. The smallest absolute Gasteiger partial charge is 0.332 e. The van der Waals surface area contributed by atoms with Crippen molar-refractivity contribution >= 4 is 5.97 Å². The molecule has 1 N–H and O–H groups in total. The van der Waals surface area contributed by atoms with Crippen LogP contribution in [0.2, 0.25) is 0 Å². The second-order valence-corrected chi connectivity index (χ2v) is 6.94. The lowest BCUT2D eigenvalue weighted by atomic mass is 10.1. The molecule has 1 aliphatic rings. The molecule has 0 aromatic heterocycles. The second kappa shape index (κ2) is 11.3. The highest BCUT2D eigenvalue weighted by atomic mass is 16.6. The number of fused-ring (bicyclic) bond motifs is 2. The van der Waals surface area contributed by atoms with Gasteiger partial charge in [-0.25, -0.2) is 4.79 Å². The molecule has 0 saturated heterocycles. The number of aliphatic carboxylic acids is 1. The minimum absolute atomic E-state index is 0.124. The van der Waals surface area contributed by atoms with Crippen LogP contribution in [0.3, 0.4) is 0 Å². The standard InChI is InChI=1S/C23H28O7/c1-2-3-8-22(23(24)25)30-17-15-28-20-11-6-4-9-18(20)26-13-14-27-19-10-5-7-12-21(19)29-16-17/h4-7,9-12,17,22H,2-3,8,13-16H2,1H3,(H,24,25). The highest BCUT2D eigenvalue weighted by Gasteiger charge is 2.25. The maximum Gasteiger partial charge on any atom is 0.332 e. The fourth-order valence-corrected chi connectivity index (χ4v) is 3.04. The molecule has 0 amide bonds. The van der Waals surface area contributed by atoms with Crippen molar-refractivity contribution < 1.29 is 33.6 Å². The monoisotopic (exact) mass is 416 g/mol. The predicted molar refractivity (Wildman–Crippen MR) is 111 cm³/mol. The van der Waals surface area contributed by atoms with Gasteiger partial charge in [-0.3, -0.25) is 0 Å². The zero-order valence-electron chi connectivity index (χ0n) is 17.1. The summed E-state index contributed by atoms with van der Waals surface area (Å²) in [6.45, 7) is 2.94. The minimum Gasteiger partial charge on any atom is -0.487 e. The average molecular weight is 416 g/mol. The number of rotatable bonds is 6. The molecular weight excluding hydrogens is 388 g/mol. The quantitative estimate of drug-likeness (QED) is 0.763. The molecule has 3 rings (SSSR count). The Hall–Kier alpha value is -2.93. The van der Waals surface area contributed by atoms with Crippen molar-refractivity contribution in [3.05, 3.63) is 48.5 Å². The third-order valence-electron chi connectivity index (χ3n) is 4.60. The first-order valence-electron chi connectivity index (χ1n) is 10.2. The summed E-state index contributed by atoms with van der Waals surface area (Å²) in [5.41, 5.74) is 0. The van der Waals surface area contributed by atoms with Crippen molar-refractivity contribution in [2.75, 3.05) is 26.4 Å². The van der Waals surface area contributed by atoms with Crippen molar-refractivity contribution in [1.29, 1.82) is 0 Å². The number of benzene rings is 2. The minimum atomic E-state index is -0.987. The van der Waals surface area contributed by atoms with Gasteiger partial charge in [-0.05, 0) is 30.7 Å². The van der Waals surface area contributed by atoms with Crippen LogP contribution in [0.5, 0.6) is 23.0 Å². The summed E-state index contributed by atoms with van der Waals surface area (Å²) in [5.74, 6) is 1.31. The van der Waals surface area contributed by atoms with Gasteiger partial charge in [0.15, 0.2) is 29.1 Å². The van der Waals surface area contributed by atoms with Crippen molar-refractivity contribution in [1.82, 2.24) is 0 Å². The molecule has 0 spiro atoms. The third kappa shape index (κ3) is 6.29. The number of hydrogen-bond acceptors (Lipinski definition) is 6. The molecule has 0 bridgehead atoms. The normalized spacial score (nSPS) is 15.9. The lowest BCUT2D eigenvalue weighted by Crippen LogP contribution is -2.36. The zero-order chi connectivity index (χ0) is 21.2. The molecule has 1 aliphatic heterocycles. The topological polar surface area (TPSA) is 83.5 Å². The van der Waals surface area contributed by atoms with Crippen LogP contribution in [0.15, 0.2) is 48.5 Å². The molecule has 2 aromatic carbocycles. The fraction of sp³-hybridized carbons (Fsp3) is 0.435. The summed E-state index contributed by atoms with van der Waals surface area (Å²) in [5, 5.41) is 9.55.